The first kappa shape index (κ1) is 54.4. The van der Waals surface area contributed by atoms with E-state index in [0.717, 1.165) is 12.8 Å². The standard InChI is InChI=1S/C80H84BN3/c1-74(2,3)53-37-40-66(57(44-53)51-28-18-16-19-29-51)82-69-46-55(76(7,8)9)36-39-64(69)81-65-49-62-63(78(12,13)60-33-23-22-32-59(60)77(62,10)11)50-70(65)83(67-41-38-54(75(4,5)6)45-58(67)52-30-20-17-21-31-52)72-48-56(47-71(82)73(72)81)84-68-35-25-24-34-61(68)79(14)42-26-27-43-80(79,84)15/h16-25,28-41,44-50H,26-27,42-43H2,1-15H3. The van der Waals surface area contributed by atoms with Gasteiger partial charge in [-0.3, -0.25) is 0 Å². The summed E-state index contributed by atoms with van der Waals surface area (Å²) in [6.07, 6.45) is 4.70. The van der Waals surface area contributed by atoms with Crippen LogP contribution in [0.2, 0.25) is 0 Å². The van der Waals surface area contributed by atoms with Gasteiger partial charge in [0.2, 0.25) is 0 Å². The summed E-state index contributed by atoms with van der Waals surface area (Å²) in [6.45, 7) is 36.2. The molecule has 9 aromatic rings. The van der Waals surface area contributed by atoms with Gasteiger partial charge >= 0.3 is 0 Å². The van der Waals surface area contributed by atoms with Crippen molar-refractivity contribution in [2.45, 2.75) is 168 Å². The molecule has 3 aliphatic heterocycles. The largest absolute Gasteiger partial charge is 0.334 e. The second kappa shape index (κ2) is 18.5. The summed E-state index contributed by atoms with van der Waals surface area (Å²) in [7, 11) is 0. The smallest absolute Gasteiger partial charge is 0.252 e. The molecule has 2 unspecified atom stereocenters. The maximum Gasteiger partial charge on any atom is 0.252 e. The molecular weight excluding hydrogens is 1010 g/mol. The molecule has 1 fully saturated rings. The Morgan fingerprint density at radius 2 is 0.798 bits per heavy atom. The van der Waals surface area contributed by atoms with Gasteiger partial charge in [0.1, 0.15) is 0 Å². The summed E-state index contributed by atoms with van der Waals surface area (Å²) < 4.78 is 0. The van der Waals surface area contributed by atoms with E-state index in [1.54, 1.807) is 0 Å². The minimum absolute atomic E-state index is 0.0437. The summed E-state index contributed by atoms with van der Waals surface area (Å²) in [5, 5.41) is 0. The molecule has 422 valence electrons. The van der Waals surface area contributed by atoms with Crippen LogP contribution in [-0.2, 0) is 32.5 Å². The molecule has 0 spiro atoms. The third-order valence-electron chi connectivity index (χ3n) is 21.3. The summed E-state index contributed by atoms with van der Waals surface area (Å²) in [4.78, 5) is 8.32. The van der Waals surface area contributed by atoms with Crippen LogP contribution in [0.5, 0.6) is 0 Å². The van der Waals surface area contributed by atoms with E-state index in [1.165, 1.54) is 141 Å². The number of rotatable bonds is 5. The van der Waals surface area contributed by atoms with Gasteiger partial charge in [-0.1, -0.05) is 243 Å². The molecule has 2 atom stereocenters. The minimum atomic E-state index is -0.275. The topological polar surface area (TPSA) is 9.72 Å². The van der Waals surface area contributed by atoms with Crippen LogP contribution in [0.15, 0.2) is 188 Å². The van der Waals surface area contributed by atoms with Crippen molar-refractivity contribution in [2.75, 3.05) is 14.7 Å². The van der Waals surface area contributed by atoms with E-state index in [1.807, 2.05) is 0 Å². The second-order valence-electron chi connectivity index (χ2n) is 30.1. The van der Waals surface area contributed by atoms with Crippen molar-refractivity contribution >= 4 is 68.6 Å². The quantitative estimate of drug-likeness (QED) is 0.159. The Morgan fingerprint density at radius 1 is 0.357 bits per heavy atom. The fraction of sp³-hybridized carbons (Fsp3) is 0.325. The molecule has 3 heterocycles. The van der Waals surface area contributed by atoms with Crippen molar-refractivity contribution < 1.29 is 0 Å². The van der Waals surface area contributed by atoms with Crippen LogP contribution in [0.4, 0.5) is 45.5 Å². The first-order valence-electron chi connectivity index (χ1n) is 31.3. The van der Waals surface area contributed by atoms with E-state index in [4.69, 9.17) is 0 Å². The zero-order chi connectivity index (χ0) is 58.8. The Balaban J connectivity index is 1.18. The molecular formula is C80H84BN3. The molecule has 4 heteroatoms. The number of hydrogen-bond donors (Lipinski definition) is 0. The van der Waals surface area contributed by atoms with Crippen molar-refractivity contribution in [1.82, 2.24) is 0 Å². The predicted molar refractivity (Wildman–Crippen MR) is 361 cm³/mol. The molecule has 14 rings (SSSR count). The van der Waals surface area contributed by atoms with Crippen molar-refractivity contribution in [3.05, 3.63) is 233 Å². The van der Waals surface area contributed by atoms with E-state index in [-0.39, 0.29) is 44.7 Å². The average molecular weight is 1100 g/mol. The summed E-state index contributed by atoms with van der Waals surface area (Å²) in [6, 6.07) is 74.2. The third-order valence-corrected chi connectivity index (χ3v) is 21.3. The van der Waals surface area contributed by atoms with Gasteiger partial charge in [-0.25, -0.2) is 0 Å². The van der Waals surface area contributed by atoms with Gasteiger partial charge in [0.25, 0.3) is 6.71 Å². The van der Waals surface area contributed by atoms with Crippen molar-refractivity contribution in [3.8, 4) is 22.3 Å². The summed E-state index contributed by atoms with van der Waals surface area (Å²) >= 11 is 0. The maximum absolute atomic E-state index is 2.83. The third kappa shape index (κ3) is 7.90. The zero-order valence-corrected chi connectivity index (χ0v) is 52.6. The van der Waals surface area contributed by atoms with Crippen LogP contribution in [0.1, 0.15) is 174 Å². The van der Waals surface area contributed by atoms with E-state index in [2.05, 4.69) is 307 Å². The lowest BCUT2D eigenvalue weighted by atomic mass is 9.33. The Kier molecular flexibility index (Phi) is 12.0. The maximum atomic E-state index is 2.83. The highest BCUT2D eigenvalue weighted by molar-refractivity contribution is 7.00. The highest BCUT2D eigenvalue weighted by Crippen LogP contribution is 2.63. The lowest BCUT2D eigenvalue weighted by molar-refractivity contribution is 0.195. The number of para-hydroxylation sites is 1. The van der Waals surface area contributed by atoms with Crippen LogP contribution < -0.4 is 31.1 Å². The van der Waals surface area contributed by atoms with Crippen LogP contribution in [-0.4, -0.2) is 12.3 Å². The zero-order valence-electron chi connectivity index (χ0n) is 52.6. The number of anilines is 8. The summed E-state index contributed by atoms with van der Waals surface area (Å²) in [5.41, 5.74) is 28.9. The highest BCUT2D eigenvalue weighted by Gasteiger charge is 2.58. The van der Waals surface area contributed by atoms with Gasteiger partial charge < -0.3 is 14.7 Å². The molecule has 0 bridgehead atoms. The second-order valence-corrected chi connectivity index (χ2v) is 30.1. The molecule has 3 nitrogen and oxygen atoms in total. The van der Waals surface area contributed by atoms with E-state index >= 15 is 0 Å². The van der Waals surface area contributed by atoms with Gasteiger partial charge in [0.15, 0.2) is 0 Å². The van der Waals surface area contributed by atoms with Crippen molar-refractivity contribution in [3.63, 3.8) is 0 Å². The molecule has 2 aliphatic carbocycles. The van der Waals surface area contributed by atoms with Crippen LogP contribution in [0, 0.1) is 0 Å². The van der Waals surface area contributed by atoms with Crippen LogP contribution in [0.25, 0.3) is 22.3 Å². The van der Waals surface area contributed by atoms with Gasteiger partial charge in [0, 0.05) is 61.5 Å². The van der Waals surface area contributed by atoms with E-state index < -0.39 is 0 Å². The van der Waals surface area contributed by atoms with Crippen LogP contribution in [0.3, 0.4) is 0 Å². The lowest BCUT2D eigenvalue weighted by Crippen LogP contribution is -2.62. The molecule has 0 radical (unpaired) electrons. The normalized spacial score (nSPS) is 19.8. The number of benzene rings is 9. The molecule has 1 saturated carbocycles. The monoisotopic (exact) mass is 1100 g/mol. The van der Waals surface area contributed by atoms with E-state index in [9.17, 15) is 0 Å². The molecule has 5 aliphatic rings. The molecule has 0 N–H and O–H groups in total. The van der Waals surface area contributed by atoms with Crippen molar-refractivity contribution in [1.29, 1.82) is 0 Å². The number of fused-ring (bicyclic) bond motifs is 9. The SMILES string of the molecule is CC(C)(C)c1ccc(N2c3cc(C(C)(C)C)ccc3B3c4cc5c(cc4N(c4ccc(C(C)(C)C)cc4-c4ccccc4)c4cc(N6c7ccccc7C7(C)CCCCC67C)cc2c43)C(C)(C)c2ccccc2C5(C)C)c(-c2ccccc2)c1. The molecule has 0 amide bonds. The molecule has 9 aromatic carbocycles. The predicted octanol–water partition coefficient (Wildman–Crippen LogP) is 19.7. The number of hydrogen-bond acceptors (Lipinski definition) is 3. The Labute approximate surface area is 502 Å². The first-order valence-corrected chi connectivity index (χ1v) is 31.3. The highest BCUT2D eigenvalue weighted by atomic mass is 15.3. The summed E-state index contributed by atoms with van der Waals surface area (Å²) in [5.74, 6) is 0. The Bertz CT molecular complexity index is 4150. The van der Waals surface area contributed by atoms with Gasteiger partial charge in [-0.2, -0.15) is 0 Å². The fourth-order valence-electron chi connectivity index (χ4n) is 16.2. The molecule has 0 aromatic heterocycles. The van der Waals surface area contributed by atoms with Gasteiger partial charge in [-0.15, -0.1) is 0 Å². The fourth-order valence-corrected chi connectivity index (χ4v) is 16.2. The number of nitrogens with zero attached hydrogens (tertiary/aromatic N) is 3. The average Bonchev–Trinajstić information content (AvgIpc) is 0.995. The van der Waals surface area contributed by atoms with Gasteiger partial charge in [-0.05, 0) is 163 Å². The van der Waals surface area contributed by atoms with Crippen LogP contribution >= 0.6 is 0 Å². The lowest BCUT2D eigenvalue weighted by Gasteiger charge is -2.51. The molecule has 84 heavy (non-hydrogen) atoms. The van der Waals surface area contributed by atoms with E-state index in [0.29, 0.717) is 0 Å². The molecule has 0 saturated heterocycles. The Morgan fingerprint density at radius 3 is 1.32 bits per heavy atom. The first-order chi connectivity index (χ1) is 39.8. The Hall–Kier alpha value is -7.56. The minimum Gasteiger partial charge on any atom is -0.334 e. The van der Waals surface area contributed by atoms with Gasteiger partial charge in [0.05, 0.1) is 16.9 Å². The van der Waals surface area contributed by atoms with Crippen molar-refractivity contribution in [2.24, 2.45) is 0 Å².